The maximum atomic E-state index is 13.9. The number of hydrogen-bond acceptors (Lipinski definition) is 2. The van der Waals surface area contributed by atoms with Gasteiger partial charge in [0.2, 0.25) is 0 Å². The van der Waals surface area contributed by atoms with Gasteiger partial charge in [0.25, 0.3) is 0 Å². The second kappa shape index (κ2) is 7.22. The Kier molecular flexibility index (Phi) is 5.61. The number of rotatable bonds is 6. The van der Waals surface area contributed by atoms with Crippen LogP contribution in [0.1, 0.15) is 25.3 Å². The predicted molar refractivity (Wildman–Crippen MR) is 76.1 cm³/mol. The minimum atomic E-state index is -0.213. The van der Waals surface area contributed by atoms with E-state index in [1.165, 1.54) is 6.07 Å². The average Bonchev–Trinajstić information content (AvgIpc) is 2.91. The van der Waals surface area contributed by atoms with Gasteiger partial charge in [-0.1, -0.05) is 24.6 Å². The molecule has 1 saturated heterocycles. The third-order valence-electron chi connectivity index (χ3n) is 3.68. The highest BCUT2D eigenvalue weighted by atomic mass is 35.5. The zero-order valence-electron chi connectivity index (χ0n) is 11.3. The fourth-order valence-corrected chi connectivity index (χ4v) is 2.79. The highest BCUT2D eigenvalue weighted by Gasteiger charge is 2.26. The van der Waals surface area contributed by atoms with Crippen molar-refractivity contribution in [2.24, 2.45) is 5.92 Å². The zero-order chi connectivity index (χ0) is 13.7. The van der Waals surface area contributed by atoms with E-state index >= 15 is 0 Å². The van der Waals surface area contributed by atoms with Crippen LogP contribution in [0.4, 0.5) is 4.39 Å². The number of halogens is 2. The van der Waals surface area contributed by atoms with E-state index in [0.29, 0.717) is 22.9 Å². The van der Waals surface area contributed by atoms with Gasteiger partial charge in [0.15, 0.2) is 0 Å². The SMILES string of the molecule is CCCNC(Cc1c(F)cccc1Cl)C1CCOC1. The molecule has 0 saturated carbocycles. The molecule has 0 spiro atoms. The average molecular weight is 286 g/mol. The van der Waals surface area contributed by atoms with Crippen molar-refractivity contribution in [2.45, 2.75) is 32.2 Å². The first-order chi connectivity index (χ1) is 9.22. The Morgan fingerprint density at radius 3 is 3.00 bits per heavy atom. The molecule has 19 heavy (non-hydrogen) atoms. The molecule has 1 heterocycles. The Hall–Kier alpha value is -0.640. The molecule has 1 fully saturated rings. The van der Waals surface area contributed by atoms with Crippen LogP contribution in [-0.2, 0) is 11.2 Å². The van der Waals surface area contributed by atoms with E-state index in [4.69, 9.17) is 16.3 Å². The molecule has 1 aromatic rings. The van der Waals surface area contributed by atoms with Crippen LogP contribution >= 0.6 is 11.6 Å². The molecule has 2 atom stereocenters. The third-order valence-corrected chi connectivity index (χ3v) is 4.03. The summed E-state index contributed by atoms with van der Waals surface area (Å²) in [5, 5.41) is 4.02. The minimum absolute atomic E-state index is 0.213. The Morgan fingerprint density at radius 1 is 1.53 bits per heavy atom. The Balaban J connectivity index is 2.10. The molecule has 1 aromatic carbocycles. The Bertz CT molecular complexity index is 387. The van der Waals surface area contributed by atoms with Crippen LogP contribution < -0.4 is 5.32 Å². The molecule has 2 unspecified atom stereocenters. The molecule has 2 nitrogen and oxygen atoms in total. The molecule has 0 amide bonds. The van der Waals surface area contributed by atoms with Crippen molar-refractivity contribution < 1.29 is 9.13 Å². The quantitative estimate of drug-likeness (QED) is 0.865. The lowest BCUT2D eigenvalue weighted by Gasteiger charge is -2.24. The predicted octanol–water partition coefficient (Wildman–Crippen LogP) is 3.43. The number of nitrogens with one attached hydrogen (secondary N) is 1. The third kappa shape index (κ3) is 3.91. The van der Waals surface area contributed by atoms with Gasteiger partial charge < -0.3 is 10.1 Å². The van der Waals surface area contributed by atoms with E-state index in [9.17, 15) is 4.39 Å². The molecule has 2 rings (SSSR count). The van der Waals surface area contributed by atoms with Crippen molar-refractivity contribution in [3.05, 3.63) is 34.6 Å². The fourth-order valence-electron chi connectivity index (χ4n) is 2.55. The summed E-state index contributed by atoms with van der Waals surface area (Å²) in [6, 6.07) is 5.11. The molecule has 106 valence electrons. The van der Waals surface area contributed by atoms with Gasteiger partial charge in [0, 0.05) is 29.2 Å². The monoisotopic (exact) mass is 285 g/mol. The van der Waals surface area contributed by atoms with Crippen LogP contribution in [-0.4, -0.2) is 25.8 Å². The van der Waals surface area contributed by atoms with E-state index in [0.717, 1.165) is 32.6 Å². The molecule has 1 aliphatic heterocycles. The van der Waals surface area contributed by atoms with Crippen LogP contribution in [0.3, 0.4) is 0 Å². The summed E-state index contributed by atoms with van der Waals surface area (Å²) in [4.78, 5) is 0. The molecular weight excluding hydrogens is 265 g/mol. The number of benzene rings is 1. The lowest BCUT2D eigenvalue weighted by Crippen LogP contribution is -2.39. The Labute approximate surface area is 119 Å². The molecule has 1 aliphatic rings. The summed E-state index contributed by atoms with van der Waals surface area (Å²) in [6.45, 7) is 4.63. The van der Waals surface area contributed by atoms with Gasteiger partial charge in [-0.3, -0.25) is 0 Å². The molecule has 4 heteroatoms. The van der Waals surface area contributed by atoms with Gasteiger partial charge in [-0.15, -0.1) is 0 Å². The molecule has 1 N–H and O–H groups in total. The number of hydrogen-bond donors (Lipinski definition) is 1. The first kappa shape index (κ1) is 14.8. The van der Waals surface area contributed by atoms with E-state index in [1.54, 1.807) is 12.1 Å². The lowest BCUT2D eigenvalue weighted by molar-refractivity contribution is 0.176. The van der Waals surface area contributed by atoms with Gasteiger partial charge in [-0.25, -0.2) is 4.39 Å². The fraction of sp³-hybridized carbons (Fsp3) is 0.600. The van der Waals surface area contributed by atoms with E-state index in [2.05, 4.69) is 12.2 Å². The smallest absolute Gasteiger partial charge is 0.127 e. The summed E-state index contributed by atoms with van der Waals surface area (Å²) in [6.07, 6.45) is 2.72. The van der Waals surface area contributed by atoms with Gasteiger partial charge in [0.05, 0.1) is 6.61 Å². The largest absolute Gasteiger partial charge is 0.381 e. The van der Waals surface area contributed by atoms with Crippen molar-refractivity contribution in [3.8, 4) is 0 Å². The molecule has 0 radical (unpaired) electrons. The summed E-state index contributed by atoms with van der Waals surface area (Å²) in [5.74, 6) is 0.233. The first-order valence-electron chi connectivity index (χ1n) is 6.96. The highest BCUT2D eigenvalue weighted by Crippen LogP contribution is 2.25. The topological polar surface area (TPSA) is 21.3 Å². The van der Waals surface area contributed by atoms with Gasteiger partial charge in [-0.2, -0.15) is 0 Å². The van der Waals surface area contributed by atoms with Crippen LogP contribution in [0.25, 0.3) is 0 Å². The molecule has 0 aliphatic carbocycles. The summed E-state index contributed by atoms with van der Waals surface area (Å²) in [5.41, 5.74) is 0.615. The van der Waals surface area contributed by atoms with Crippen molar-refractivity contribution in [1.82, 2.24) is 5.32 Å². The van der Waals surface area contributed by atoms with E-state index in [1.807, 2.05) is 0 Å². The van der Waals surface area contributed by atoms with Crippen LogP contribution in [0, 0.1) is 11.7 Å². The molecule has 0 aromatic heterocycles. The second-order valence-corrected chi connectivity index (χ2v) is 5.50. The van der Waals surface area contributed by atoms with Crippen molar-refractivity contribution in [3.63, 3.8) is 0 Å². The number of ether oxygens (including phenoxy) is 1. The second-order valence-electron chi connectivity index (χ2n) is 5.09. The van der Waals surface area contributed by atoms with Crippen LogP contribution in [0.5, 0.6) is 0 Å². The Morgan fingerprint density at radius 2 is 2.37 bits per heavy atom. The van der Waals surface area contributed by atoms with Gasteiger partial charge in [0.1, 0.15) is 5.82 Å². The van der Waals surface area contributed by atoms with E-state index < -0.39 is 0 Å². The molecular formula is C15H21ClFNO. The normalized spacial score (nSPS) is 20.7. The summed E-state index contributed by atoms with van der Waals surface area (Å²) < 4.78 is 19.3. The van der Waals surface area contributed by atoms with Gasteiger partial charge in [-0.05, 0) is 37.9 Å². The van der Waals surface area contributed by atoms with Crippen molar-refractivity contribution >= 4 is 11.6 Å². The molecule has 0 bridgehead atoms. The standard InChI is InChI=1S/C15H21ClFNO/c1-2-7-18-15(11-6-8-19-10-11)9-12-13(16)4-3-5-14(12)17/h3-5,11,15,18H,2,6-10H2,1H3. The summed E-state index contributed by atoms with van der Waals surface area (Å²) in [7, 11) is 0. The van der Waals surface area contributed by atoms with Crippen LogP contribution in [0.2, 0.25) is 5.02 Å². The summed E-state index contributed by atoms with van der Waals surface area (Å²) >= 11 is 6.12. The van der Waals surface area contributed by atoms with Crippen LogP contribution in [0.15, 0.2) is 18.2 Å². The highest BCUT2D eigenvalue weighted by molar-refractivity contribution is 6.31. The van der Waals surface area contributed by atoms with E-state index in [-0.39, 0.29) is 11.9 Å². The lowest BCUT2D eigenvalue weighted by atomic mass is 9.92. The van der Waals surface area contributed by atoms with Crippen molar-refractivity contribution in [1.29, 1.82) is 0 Å². The minimum Gasteiger partial charge on any atom is -0.381 e. The van der Waals surface area contributed by atoms with Gasteiger partial charge >= 0.3 is 0 Å². The zero-order valence-corrected chi connectivity index (χ0v) is 12.0. The first-order valence-corrected chi connectivity index (χ1v) is 7.34. The van der Waals surface area contributed by atoms with Crippen molar-refractivity contribution in [2.75, 3.05) is 19.8 Å². The maximum absolute atomic E-state index is 13.9. The maximum Gasteiger partial charge on any atom is 0.127 e.